The number of carbonyl (C=O) groups is 1. The second-order valence-corrected chi connectivity index (χ2v) is 6.76. The average Bonchev–Trinajstić information content (AvgIpc) is 2.62. The summed E-state index contributed by atoms with van der Waals surface area (Å²) >= 11 is 5.94. The molecule has 2 aromatic carbocycles. The molecule has 0 saturated carbocycles. The van der Waals surface area contributed by atoms with Crippen molar-refractivity contribution >= 4 is 35.6 Å². The van der Waals surface area contributed by atoms with Crippen LogP contribution in [0.4, 0.5) is 10.1 Å². The summed E-state index contributed by atoms with van der Waals surface area (Å²) in [7, 11) is 0. The van der Waals surface area contributed by atoms with Gasteiger partial charge in [-0.2, -0.15) is 0 Å². The quantitative estimate of drug-likeness (QED) is 0.749. The Labute approximate surface area is 170 Å². The lowest BCUT2D eigenvalue weighted by atomic mass is 10.1. The van der Waals surface area contributed by atoms with E-state index in [2.05, 4.69) is 17.1 Å². The molecule has 27 heavy (non-hydrogen) atoms. The summed E-state index contributed by atoms with van der Waals surface area (Å²) in [4.78, 5) is 14.8. The van der Waals surface area contributed by atoms with Gasteiger partial charge in [0.25, 0.3) is 5.91 Å². The van der Waals surface area contributed by atoms with Gasteiger partial charge in [-0.1, -0.05) is 24.6 Å². The van der Waals surface area contributed by atoms with E-state index >= 15 is 0 Å². The maximum absolute atomic E-state index is 13.1. The molecular weight excluding hydrogens is 390 g/mol. The number of nitrogens with one attached hydrogen (secondary N) is 1. The second kappa shape index (κ2) is 9.93. The van der Waals surface area contributed by atoms with E-state index in [9.17, 15) is 9.18 Å². The van der Waals surface area contributed by atoms with Crippen molar-refractivity contribution < 1.29 is 13.9 Å². The molecule has 1 N–H and O–H groups in total. The maximum Gasteiger partial charge on any atom is 0.257 e. The summed E-state index contributed by atoms with van der Waals surface area (Å²) in [6, 6.07) is 11.0. The molecule has 0 aromatic heterocycles. The number of likely N-dealkylation sites (tertiary alicyclic amines) is 1. The molecule has 4 nitrogen and oxygen atoms in total. The number of piperidine rings is 1. The molecule has 0 atom stereocenters. The van der Waals surface area contributed by atoms with Crippen molar-refractivity contribution in [2.45, 2.75) is 25.9 Å². The fraction of sp³-hybridized carbons (Fsp3) is 0.350. The normalized spacial score (nSPS) is 15.1. The van der Waals surface area contributed by atoms with E-state index < -0.39 is 5.82 Å². The number of benzene rings is 2. The number of ether oxygens (including phenoxy) is 1. The monoisotopic (exact) mass is 412 g/mol. The van der Waals surface area contributed by atoms with Gasteiger partial charge in [0, 0.05) is 24.8 Å². The molecule has 0 bridgehead atoms. The highest BCUT2D eigenvalue weighted by atomic mass is 35.5. The van der Waals surface area contributed by atoms with E-state index in [1.165, 1.54) is 12.1 Å². The third kappa shape index (κ3) is 5.83. The lowest BCUT2D eigenvalue weighted by molar-refractivity contribution is 0.102. The first-order chi connectivity index (χ1) is 12.5. The zero-order valence-electron chi connectivity index (χ0n) is 15.1. The van der Waals surface area contributed by atoms with Crippen molar-refractivity contribution in [3.05, 3.63) is 58.9 Å². The Morgan fingerprint density at radius 1 is 1.26 bits per heavy atom. The van der Waals surface area contributed by atoms with Gasteiger partial charge in [-0.25, -0.2) is 4.39 Å². The van der Waals surface area contributed by atoms with Gasteiger partial charge in [-0.15, -0.1) is 12.4 Å². The van der Waals surface area contributed by atoms with Crippen LogP contribution in [0.25, 0.3) is 0 Å². The number of anilines is 1. The summed E-state index contributed by atoms with van der Waals surface area (Å²) in [5.41, 5.74) is 0.838. The summed E-state index contributed by atoms with van der Waals surface area (Å²) in [5.74, 6) is -0.137. The smallest absolute Gasteiger partial charge is 0.257 e. The van der Waals surface area contributed by atoms with Crippen molar-refractivity contribution in [1.82, 2.24) is 4.90 Å². The van der Waals surface area contributed by atoms with Crippen LogP contribution in [0.15, 0.2) is 42.5 Å². The predicted molar refractivity (Wildman–Crippen MR) is 109 cm³/mol. The summed E-state index contributed by atoms with van der Waals surface area (Å²) in [5, 5.41) is 2.86. The molecule has 146 valence electrons. The van der Waals surface area contributed by atoms with Gasteiger partial charge >= 0.3 is 0 Å². The molecule has 1 fully saturated rings. The highest BCUT2D eigenvalue weighted by Gasteiger charge is 2.19. The molecular formula is C20H23Cl2FN2O2. The number of rotatable bonds is 5. The topological polar surface area (TPSA) is 41.6 Å². The zero-order valence-corrected chi connectivity index (χ0v) is 16.7. The second-order valence-electron chi connectivity index (χ2n) is 6.36. The van der Waals surface area contributed by atoms with Gasteiger partial charge in [0.05, 0.1) is 10.6 Å². The molecule has 1 aliphatic rings. The molecule has 1 saturated heterocycles. The average molecular weight is 413 g/mol. The van der Waals surface area contributed by atoms with E-state index in [1.807, 2.05) is 12.1 Å². The van der Waals surface area contributed by atoms with E-state index in [4.69, 9.17) is 16.3 Å². The van der Waals surface area contributed by atoms with Crippen LogP contribution in [0.1, 0.15) is 30.1 Å². The van der Waals surface area contributed by atoms with E-state index in [0.29, 0.717) is 5.69 Å². The molecule has 7 heteroatoms. The summed E-state index contributed by atoms with van der Waals surface area (Å²) in [6.45, 7) is 5.32. The minimum Gasteiger partial charge on any atom is -0.490 e. The van der Waals surface area contributed by atoms with Gasteiger partial charge < -0.3 is 15.0 Å². The number of amides is 1. The van der Waals surface area contributed by atoms with Crippen LogP contribution in [0, 0.1) is 5.82 Å². The van der Waals surface area contributed by atoms with E-state index in [1.54, 1.807) is 12.1 Å². The highest BCUT2D eigenvalue weighted by Crippen LogP contribution is 2.24. The van der Waals surface area contributed by atoms with Crippen LogP contribution < -0.4 is 10.1 Å². The number of nitrogens with zero attached hydrogens (tertiary/aromatic N) is 1. The van der Waals surface area contributed by atoms with Crippen molar-refractivity contribution in [2.75, 3.05) is 25.0 Å². The maximum atomic E-state index is 13.1. The number of hydrogen-bond acceptors (Lipinski definition) is 3. The first-order valence-electron chi connectivity index (χ1n) is 8.80. The van der Waals surface area contributed by atoms with Gasteiger partial charge in [-0.05, 0) is 49.7 Å². The third-order valence-corrected chi connectivity index (χ3v) is 4.86. The molecule has 0 aliphatic carbocycles. The minimum atomic E-state index is -0.476. The van der Waals surface area contributed by atoms with Crippen LogP contribution in [-0.4, -0.2) is 36.5 Å². The van der Waals surface area contributed by atoms with Crippen LogP contribution in [0.5, 0.6) is 5.75 Å². The van der Waals surface area contributed by atoms with E-state index in [-0.39, 0.29) is 35.0 Å². The van der Waals surface area contributed by atoms with Crippen LogP contribution in [0.2, 0.25) is 5.02 Å². The largest absolute Gasteiger partial charge is 0.490 e. The van der Waals surface area contributed by atoms with Crippen molar-refractivity contribution in [2.24, 2.45) is 0 Å². The molecule has 1 aliphatic heterocycles. The number of carbonyl (C=O) groups excluding carboxylic acids is 1. The van der Waals surface area contributed by atoms with Gasteiger partial charge in [-0.3, -0.25) is 4.79 Å². The minimum absolute atomic E-state index is 0. The molecule has 0 unspecified atom stereocenters. The Kier molecular flexibility index (Phi) is 7.90. The van der Waals surface area contributed by atoms with Crippen LogP contribution in [0.3, 0.4) is 0 Å². The van der Waals surface area contributed by atoms with Gasteiger partial charge in [0.15, 0.2) is 0 Å². The third-order valence-electron chi connectivity index (χ3n) is 4.55. The fourth-order valence-corrected chi connectivity index (χ4v) is 3.31. The van der Waals surface area contributed by atoms with Crippen LogP contribution in [-0.2, 0) is 0 Å². The lowest BCUT2D eigenvalue weighted by Gasteiger charge is -2.31. The molecule has 3 rings (SSSR count). The fourth-order valence-electron chi connectivity index (χ4n) is 3.06. The first-order valence-corrected chi connectivity index (χ1v) is 9.18. The Bertz CT molecular complexity index is 780. The molecule has 0 radical (unpaired) electrons. The Hall–Kier alpha value is -1.82. The lowest BCUT2D eigenvalue weighted by Crippen LogP contribution is -2.37. The van der Waals surface area contributed by atoms with E-state index in [0.717, 1.165) is 44.3 Å². The van der Waals surface area contributed by atoms with Gasteiger partial charge in [0.1, 0.15) is 17.7 Å². The first kappa shape index (κ1) is 21.5. The zero-order chi connectivity index (χ0) is 18.5. The molecule has 1 heterocycles. The number of hydrogen-bond donors (Lipinski definition) is 1. The molecule has 2 aromatic rings. The SMILES string of the molecule is CCN1CCC(Oc2cccc(NC(=O)c3ccc(F)cc3Cl)c2)CC1.Cl. The highest BCUT2D eigenvalue weighted by molar-refractivity contribution is 6.34. The van der Waals surface area contributed by atoms with Crippen molar-refractivity contribution in [3.8, 4) is 5.75 Å². The number of halogens is 3. The summed E-state index contributed by atoms with van der Waals surface area (Å²) < 4.78 is 19.2. The predicted octanol–water partition coefficient (Wildman–Crippen LogP) is 5.02. The Morgan fingerprint density at radius 3 is 2.67 bits per heavy atom. The van der Waals surface area contributed by atoms with Crippen molar-refractivity contribution in [3.63, 3.8) is 0 Å². The Morgan fingerprint density at radius 2 is 2.00 bits per heavy atom. The summed E-state index contributed by atoms with van der Waals surface area (Å²) in [6.07, 6.45) is 2.18. The van der Waals surface area contributed by atoms with Crippen molar-refractivity contribution in [1.29, 1.82) is 0 Å². The van der Waals surface area contributed by atoms with Gasteiger partial charge in [0.2, 0.25) is 0 Å². The van der Waals surface area contributed by atoms with Crippen LogP contribution >= 0.6 is 24.0 Å². The molecule has 0 spiro atoms. The molecule has 1 amide bonds. The standard InChI is InChI=1S/C20H22ClFN2O2.ClH/c1-2-24-10-8-16(9-11-24)26-17-5-3-4-15(13-17)23-20(25)18-7-6-14(22)12-19(18)21;/h3-7,12-13,16H,2,8-11H2,1H3,(H,23,25);1H. The Balaban J connectivity index is 0.00000261.